The lowest BCUT2D eigenvalue weighted by molar-refractivity contribution is 0.0640. The maximum Gasteiger partial charge on any atom is 0.315 e. The molecule has 2 N–H and O–H groups in total. The van der Waals surface area contributed by atoms with E-state index in [0.717, 1.165) is 43.9 Å². The van der Waals surface area contributed by atoms with Crippen LogP contribution < -0.4 is 10.6 Å². The molecule has 1 saturated heterocycles. The smallest absolute Gasteiger partial charge is 0.315 e. The predicted octanol–water partition coefficient (Wildman–Crippen LogP) is 2.66. The van der Waals surface area contributed by atoms with Gasteiger partial charge in [-0.15, -0.1) is 0 Å². The molecule has 144 valence electrons. The van der Waals surface area contributed by atoms with Gasteiger partial charge in [0.15, 0.2) is 0 Å². The number of benzene rings is 1. The predicted molar refractivity (Wildman–Crippen MR) is 108 cm³/mol. The van der Waals surface area contributed by atoms with Gasteiger partial charge in [0.05, 0.1) is 5.56 Å². The molecular formula is C19H23ClN4O2S. The van der Waals surface area contributed by atoms with Crippen molar-refractivity contribution in [3.63, 3.8) is 0 Å². The van der Waals surface area contributed by atoms with E-state index in [2.05, 4.69) is 15.5 Å². The Bertz CT molecular complexity index is 744. The minimum atomic E-state index is -0.184. The summed E-state index contributed by atoms with van der Waals surface area (Å²) in [6.45, 7) is 4.90. The van der Waals surface area contributed by atoms with Crippen molar-refractivity contribution in [1.29, 1.82) is 0 Å². The summed E-state index contributed by atoms with van der Waals surface area (Å²) in [6, 6.07) is 9.07. The van der Waals surface area contributed by atoms with E-state index in [4.69, 9.17) is 11.6 Å². The minimum absolute atomic E-state index is 0.107. The van der Waals surface area contributed by atoms with Crippen LogP contribution in [0, 0.1) is 0 Å². The van der Waals surface area contributed by atoms with Crippen LogP contribution in [0.25, 0.3) is 0 Å². The SMILES string of the molecule is O=C(NCCN1CCN(C(=O)c2ccsc2)CC1)NCc1ccc(Cl)cc1. The lowest BCUT2D eigenvalue weighted by Crippen LogP contribution is -2.50. The van der Waals surface area contributed by atoms with Gasteiger partial charge in [0.25, 0.3) is 5.91 Å². The van der Waals surface area contributed by atoms with Gasteiger partial charge in [-0.25, -0.2) is 4.79 Å². The number of hydrogen-bond donors (Lipinski definition) is 2. The van der Waals surface area contributed by atoms with E-state index in [1.54, 1.807) is 12.1 Å². The summed E-state index contributed by atoms with van der Waals surface area (Å²) in [6.07, 6.45) is 0. The Hall–Kier alpha value is -2.09. The molecule has 6 nitrogen and oxygen atoms in total. The monoisotopic (exact) mass is 406 g/mol. The summed E-state index contributed by atoms with van der Waals surface area (Å²) in [5, 5.41) is 10.2. The van der Waals surface area contributed by atoms with Crippen LogP contribution in [0.5, 0.6) is 0 Å². The highest BCUT2D eigenvalue weighted by atomic mass is 35.5. The van der Waals surface area contributed by atoms with E-state index in [0.29, 0.717) is 18.1 Å². The maximum absolute atomic E-state index is 12.3. The molecule has 0 unspecified atom stereocenters. The lowest BCUT2D eigenvalue weighted by Gasteiger charge is -2.34. The number of urea groups is 1. The molecule has 0 atom stereocenters. The van der Waals surface area contributed by atoms with E-state index in [-0.39, 0.29) is 11.9 Å². The molecule has 1 fully saturated rings. The van der Waals surface area contributed by atoms with Crippen molar-refractivity contribution in [2.75, 3.05) is 39.3 Å². The third-order valence-electron chi connectivity index (χ3n) is 4.51. The minimum Gasteiger partial charge on any atom is -0.337 e. The average Bonchev–Trinajstić information content (AvgIpc) is 3.22. The van der Waals surface area contributed by atoms with Crippen LogP contribution in [0.2, 0.25) is 5.02 Å². The van der Waals surface area contributed by atoms with Crippen LogP contribution in [0.1, 0.15) is 15.9 Å². The number of thiophene rings is 1. The van der Waals surface area contributed by atoms with Crippen LogP contribution in [-0.2, 0) is 6.54 Å². The molecule has 0 spiro atoms. The second-order valence-corrected chi connectivity index (χ2v) is 7.60. The summed E-state index contributed by atoms with van der Waals surface area (Å²) in [4.78, 5) is 28.4. The van der Waals surface area contributed by atoms with Crippen molar-refractivity contribution in [1.82, 2.24) is 20.4 Å². The van der Waals surface area contributed by atoms with Crippen molar-refractivity contribution >= 4 is 34.9 Å². The molecule has 27 heavy (non-hydrogen) atoms. The molecule has 1 aliphatic heterocycles. The lowest BCUT2D eigenvalue weighted by atomic mass is 10.2. The normalized spacial score (nSPS) is 14.8. The van der Waals surface area contributed by atoms with Gasteiger partial charge in [0, 0.05) is 56.2 Å². The Morgan fingerprint density at radius 1 is 1.04 bits per heavy atom. The van der Waals surface area contributed by atoms with Gasteiger partial charge in [-0.05, 0) is 29.1 Å². The van der Waals surface area contributed by atoms with Gasteiger partial charge >= 0.3 is 6.03 Å². The number of nitrogens with zero attached hydrogens (tertiary/aromatic N) is 2. The van der Waals surface area contributed by atoms with Crippen molar-refractivity contribution in [3.8, 4) is 0 Å². The van der Waals surface area contributed by atoms with Gasteiger partial charge in [-0.3, -0.25) is 9.69 Å². The largest absolute Gasteiger partial charge is 0.337 e. The van der Waals surface area contributed by atoms with Gasteiger partial charge in [-0.1, -0.05) is 23.7 Å². The van der Waals surface area contributed by atoms with E-state index in [1.807, 2.05) is 33.9 Å². The second kappa shape index (κ2) is 9.73. The van der Waals surface area contributed by atoms with Crippen molar-refractivity contribution in [3.05, 3.63) is 57.2 Å². The van der Waals surface area contributed by atoms with E-state index >= 15 is 0 Å². The highest BCUT2D eigenvalue weighted by molar-refractivity contribution is 7.08. The van der Waals surface area contributed by atoms with Gasteiger partial charge in [-0.2, -0.15) is 11.3 Å². The first-order valence-electron chi connectivity index (χ1n) is 8.92. The Morgan fingerprint density at radius 2 is 1.78 bits per heavy atom. The molecule has 1 aromatic carbocycles. The third kappa shape index (κ3) is 5.95. The Kier molecular flexibility index (Phi) is 7.09. The van der Waals surface area contributed by atoms with Gasteiger partial charge in [0.2, 0.25) is 0 Å². The van der Waals surface area contributed by atoms with Crippen molar-refractivity contribution in [2.24, 2.45) is 0 Å². The van der Waals surface area contributed by atoms with Crippen LogP contribution >= 0.6 is 22.9 Å². The topological polar surface area (TPSA) is 64.7 Å². The Labute approximate surface area is 168 Å². The number of nitrogens with one attached hydrogen (secondary N) is 2. The van der Waals surface area contributed by atoms with E-state index in [1.165, 1.54) is 11.3 Å². The molecule has 0 saturated carbocycles. The van der Waals surface area contributed by atoms with Crippen molar-refractivity contribution in [2.45, 2.75) is 6.54 Å². The van der Waals surface area contributed by atoms with Crippen LogP contribution in [0.4, 0.5) is 4.79 Å². The molecular weight excluding hydrogens is 384 g/mol. The first kappa shape index (κ1) is 19.7. The number of hydrogen-bond acceptors (Lipinski definition) is 4. The summed E-state index contributed by atoms with van der Waals surface area (Å²) >= 11 is 7.38. The number of carbonyl (C=O) groups is 2. The third-order valence-corrected chi connectivity index (χ3v) is 5.44. The highest BCUT2D eigenvalue weighted by Crippen LogP contribution is 2.12. The number of piperazine rings is 1. The van der Waals surface area contributed by atoms with Crippen LogP contribution in [-0.4, -0.2) is 61.0 Å². The van der Waals surface area contributed by atoms with Crippen molar-refractivity contribution < 1.29 is 9.59 Å². The average molecular weight is 407 g/mol. The first-order chi connectivity index (χ1) is 13.1. The Balaban J connectivity index is 1.30. The molecule has 0 aliphatic carbocycles. The zero-order valence-electron chi connectivity index (χ0n) is 15.0. The molecule has 3 amide bonds. The summed E-state index contributed by atoms with van der Waals surface area (Å²) in [7, 11) is 0. The highest BCUT2D eigenvalue weighted by Gasteiger charge is 2.22. The zero-order valence-corrected chi connectivity index (χ0v) is 16.6. The summed E-state index contributed by atoms with van der Waals surface area (Å²) in [5.74, 6) is 0.107. The van der Waals surface area contributed by atoms with E-state index in [9.17, 15) is 9.59 Å². The fraction of sp³-hybridized carbons (Fsp3) is 0.368. The molecule has 2 heterocycles. The standard InChI is InChI=1S/C19H23ClN4O2S/c20-17-3-1-15(2-4-17)13-22-19(26)21-6-7-23-8-10-24(11-9-23)18(25)16-5-12-27-14-16/h1-5,12,14H,6-11,13H2,(H2,21,22,26). The number of amides is 3. The first-order valence-corrected chi connectivity index (χ1v) is 10.2. The molecule has 8 heteroatoms. The zero-order chi connectivity index (χ0) is 19.1. The van der Waals surface area contributed by atoms with Gasteiger partial charge in [0.1, 0.15) is 0 Å². The quantitative estimate of drug-likeness (QED) is 0.775. The molecule has 0 bridgehead atoms. The molecule has 3 rings (SSSR count). The fourth-order valence-electron chi connectivity index (χ4n) is 2.92. The van der Waals surface area contributed by atoms with Gasteiger partial charge < -0.3 is 15.5 Å². The second-order valence-electron chi connectivity index (χ2n) is 6.38. The summed E-state index contributed by atoms with van der Waals surface area (Å²) in [5.41, 5.74) is 1.77. The fourth-order valence-corrected chi connectivity index (χ4v) is 3.67. The number of halogens is 1. The van der Waals surface area contributed by atoms with Crippen LogP contribution in [0.3, 0.4) is 0 Å². The van der Waals surface area contributed by atoms with E-state index < -0.39 is 0 Å². The summed E-state index contributed by atoms with van der Waals surface area (Å²) < 4.78 is 0. The number of carbonyl (C=O) groups excluding carboxylic acids is 2. The maximum atomic E-state index is 12.3. The molecule has 0 radical (unpaired) electrons. The Morgan fingerprint density at radius 3 is 2.44 bits per heavy atom. The van der Waals surface area contributed by atoms with Crippen LogP contribution in [0.15, 0.2) is 41.1 Å². The number of rotatable bonds is 6. The molecule has 1 aliphatic rings. The molecule has 2 aromatic rings. The molecule has 1 aromatic heterocycles.